The minimum Gasteiger partial charge on any atom is -0.445 e. The van der Waals surface area contributed by atoms with Crippen LogP contribution in [0.25, 0.3) is 0 Å². The lowest BCUT2D eigenvalue weighted by Crippen LogP contribution is -2.53. The number of hydrogen-bond acceptors (Lipinski definition) is 3. The first-order valence-corrected chi connectivity index (χ1v) is 7.52. The predicted molar refractivity (Wildman–Crippen MR) is 77.9 cm³/mol. The first-order chi connectivity index (χ1) is 10.6. The van der Waals surface area contributed by atoms with Crippen LogP contribution >= 0.6 is 0 Å². The topological polar surface area (TPSA) is 49.9 Å². The van der Waals surface area contributed by atoms with Crippen molar-refractivity contribution in [2.24, 2.45) is 0 Å². The third-order valence-corrected chi connectivity index (χ3v) is 4.21. The van der Waals surface area contributed by atoms with E-state index in [0.29, 0.717) is 13.1 Å². The zero-order valence-electron chi connectivity index (χ0n) is 12.3. The maximum Gasteiger partial charge on any atom is 0.410 e. The van der Waals surface area contributed by atoms with E-state index in [1.54, 1.807) is 0 Å². The average molecular weight is 306 g/mol. The van der Waals surface area contributed by atoms with Crippen molar-refractivity contribution >= 4 is 12.0 Å². The zero-order chi connectivity index (χ0) is 15.6. The Kier molecular flexibility index (Phi) is 4.00. The minimum atomic E-state index is -1.95. The summed E-state index contributed by atoms with van der Waals surface area (Å²) in [6, 6.07) is 9.30. The maximum absolute atomic E-state index is 14.7. The lowest BCUT2D eigenvalue weighted by molar-refractivity contribution is -0.146. The standard InChI is InChI=1S/C16H19FN2O3/c17-16(14(20)18-8-4-9-18)7-10-19(12-16)15(21)22-11-13-5-2-1-3-6-13/h1-3,5-6H,4,7-12H2. The van der Waals surface area contributed by atoms with Crippen LogP contribution in [0.5, 0.6) is 0 Å². The van der Waals surface area contributed by atoms with Gasteiger partial charge >= 0.3 is 6.09 Å². The summed E-state index contributed by atoms with van der Waals surface area (Å²) in [5.41, 5.74) is -1.08. The Labute approximate surface area is 128 Å². The van der Waals surface area contributed by atoms with Crippen LogP contribution in [0.3, 0.4) is 0 Å². The van der Waals surface area contributed by atoms with Gasteiger partial charge in [-0.3, -0.25) is 4.79 Å². The van der Waals surface area contributed by atoms with Gasteiger partial charge in [0.25, 0.3) is 5.91 Å². The summed E-state index contributed by atoms with van der Waals surface area (Å²) in [7, 11) is 0. The van der Waals surface area contributed by atoms with E-state index in [1.165, 1.54) is 9.80 Å². The Balaban J connectivity index is 1.53. The van der Waals surface area contributed by atoms with Gasteiger partial charge in [0.1, 0.15) is 6.61 Å². The molecule has 3 rings (SSSR count). The van der Waals surface area contributed by atoms with Crippen molar-refractivity contribution in [3.05, 3.63) is 35.9 Å². The Morgan fingerprint density at radius 3 is 2.50 bits per heavy atom. The number of hydrogen-bond donors (Lipinski definition) is 0. The van der Waals surface area contributed by atoms with Gasteiger partial charge in [-0.05, 0) is 12.0 Å². The molecule has 0 aliphatic carbocycles. The van der Waals surface area contributed by atoms with E-state index < -0.39 is 17.7 Å². The van der Waals surface area contributed by atoms with Crippen molar-refractivity contribution in [3.8, 4) is 0 Å². The van der Waals surface area contributed by atoms with Gasteiger partial charge in [0.2, 0.25) is 5.67 Å². The number of amides is 2. The number of rotatable bonds is 3. The fourth-order valence-electron chi connectivity index (χ4n) is 2.72. The van der Waals surface area contributed by atoms with Gasteiger partial charge in [0, 0.05) is 26.1 Å². The molecule has 1 atom stereocenters. The van der Waals surface area contributed by atoms with Crippen LogP contribution in [0.4, 0.5) is 9.18 Å². The molecule has 2 aliphatic rings. The molecule has 0 N–H and O–H groups in total. The average Bonchev–Trinajstić information content (AvgIpc) is 2.88. The largest absolute Gasteiger partial charge is 0.445 e. The van der Waals surface area contributed by atoms with Gasteiger partial charge < -0.3 is 14.5 Å². The highest BCUT2D eigenvalue weighted by atomic mass is 19.1. The summed E-state index contributed by atoms with van der Waals surface area (Å²) in [6.07, 6.45) is 0.396. The van der Waals surface area contributed by atoms with Crippen LogP contribution in [-0.4, -0.2) is 53.6 Å². The number of carbonyl (C=O) groups excluding carboxylic acids is 2. The predicted octanol–water partition coefficient (Wildman–Crippen LogP) is 1.97. The SMILES string of the molecule is O=C(OCc1ccccc1)N1CCC(F)(C(=O)N2CCC2)C1. The molecule has 5 nitrogen and oxygen atoms in total. The van der Waals surface area contributed by atoms with Crippen LogP contribution in [0.1, 0.15) is 18.4 Å². The van der Waals surface area contributed by atoms with Crippen molar-refractivity contribution in [2.75, 3.05) is 26.2 Å². The number of carbonyl (C=O) groups is 2. The Hall–Kier alpha value is -2.11. The van der Waals surface area contributed by atoms with E-state index >= 15 is 0 Å². The quantitative estimate of drug-likeness (QED) is 0.858. The second-order valence-electron chi connectivity index (χ2n) is 5.82. The molecule has 2 aliphatic heterocycles. The van der Waals surface area contributed by atoms with Gasteiger partial charge in [0.05, 0.1) is 6.54 Å². The summed E-state index contributed by atoms with van der Waals surface area (Å²) < 4.78 is 19.9. The first kappa shape index (κ1) is 14.8. The highest BCUT2D eigenvalue weighted by Crippen LogP contribution is 2.30. The second-order valence-corrected chi connectivity index (χ2v) is 5.82. The molecule has 1 unspecified atom stereocenters. The molecule has 22 heavy (non-hydrogen) atoms. The van der Waals surface area contributed by atoms with Crippen LogP contribution in [0.15, 0.2) is 30.3 Å². The number of likely N-dealkylation sites (tertiary alicyclic amines) is 2. The van der Waals surface area contributed by atoms with E-state index in [1.807, 2.05) is 30.3 Å². The lowest BCUT2D eigenvalue weighted by Gasteiger charge is -2.35. The third-order valence-electron chi connectivity index (χ3n) is 4.21. The van der Waals surface area contributed by atoms with Crippen molar-refractivity contribution in [2.45, 2.75) is 25.1 Å². The number of benzene rings is 1. The number of nitrogens with zero attached hydrogens (tertiary/aromatic N) is 2. The molecule has 6 heteroatoms. The van der Waals surface area contributed by atoms with E-state index in [9.17, 15) is 14.0 Å². The molecule has 118 valence electrons. The number of halogens is 1. The van der Waals surface area contributed by atoms with Crippen LogP contribution in [0.2, 0.25) is 0 Å². The molecule has 1 aromatic rings. The van der Waals surface area contributed by atoms with Gasteiger partial charge in [-0.25, -0.2) is 9.18 Å². The van der Waals surface area contributed by atoms with E-state index in [4.69, 9.17) is 4.74 Å². The molecule has 2 heterocycles. The molecular weight excluding hydrogens is 287 g/mol. The molecule has 0 aromatic heterocycles. The summed E-state index contributed by atoms with van der Waals surface area (Å²) in [5.74, 6) is -0.489. The Bertz CT molecular complexity index is 562. The second kappa shape index (κ2) is 5.94. The highest BCUT2D eigenvalue weighted by Gasteiger charge is 2.49. The summed E-state index contributed by atoms with van der Waals surface area (Å²) in [4.78, 5) is 26.9. The van der Waals surface area contributed by atoms with Crippen LogP contribution < -0.4 is 0 Å². The molecule has 2 saturated heterocycles. The fraction of sp³-hybridized carbons (Fsp3) is 0.500. The Morgan fingerprint density at radius 1 is 1.14 bits per heavy atom. The zero-order valence-corrected chi connectivity index (χ0v) is 12.3. The molecule has 0 radical (unpaired) electrons. The third kappa shape index (κ3) is 2.91. The normalized spacial score (nSPS) is 24.0. The molecule has 0 spiro atoms. The van der Waals surface area contributed by atoms with Gasteiger partial charge in [-0.15, -0.1) is 0 Å². The van der Waals surface area contributed by atoms with Crippen LogP contribution in [0, 0.1) is 0 Å². The highest BCUT2D eigenvalue weighted by molar-refractivity contribution is 5.87. The van der Waals surface area contributed by atoms with E-state index in [0.717, 1.165) is 12.0 Å². The van der Waals surface area contributed by atoms with Crippen LogP contribution in [-0.2, 0) is 16.1 Å². The smallest absolute Gasteiger partial charge is 0.410 e. The van der Waals surface area contributed by atoms with Crippen molar-refractivity contribution in [1.82, 2.24) is 9.80 Å². The van der Waals surface area contributed by atoms with Gasteiger partial charge in [-0.2, -0.15) is 0 Å². The molecule has 0 bridgehead atoms. The molecule has 0 saturated carbocycles. The Morgan fingerprint density at radius 2 is 1.86 bits per heavy atom. The van der Waals surface area contributed by atoms with Crippen molar-refractivity contribution in [3.63, 3.8) is 0 Å². The maximum atomic E-state index is 14.7. The van der Waals surface area contributed by atoms with E-state index in [-0.39, 0.29) is 26.1 Å². The number of alkyl halides is 1. The monoisotopic (exact) mass is 306 g/mol. The molecule has 1 aromatic carbocycles. The van der Waals surface area contributed by atoms with Crippen molar-refractivity contribution in [1.29, 1.82) is 0 Å². The number of ether oxygens (including phenoxy) is 1. The fourth-order valence-corrected chi connectivity index (χ4v) is 2.72. The van der Waals surface area contributed by atoms with Crippen molar-refractivity contribution < 1.29 is 18.7 Å². The summed E-state index contributed by atoms with van der Waals surface area (Å²) >= 11 is 0. The summed E-state index contributed by atoms with van der Waals surface area (Å²) in [5, 5.41) is 0. The van der Waals surface area contributed by atoms with Gasteiger partial charge in [-0.1, -0.05) is 30.3 Å². The lowest BCUT2D eigenvalue weighted by atomic mass is 10.0. The van der Waals surface area contributed by atoms with E-state index in [2.05, 4.69) is 0 Å². The minimum absolute atomic E-state index is 0.0444. The molecule has 2 fully saturated rings. The van der Waals surface area contributed by atoms with Gasteiger partial charge in [0.15, 0.2) is 0 Å². The summed E-state index contributed by atoms with van der Waals surface area (Å²) in [6.45, 7) is 1.38. The first-order valence-electron chi connectivity index (χ1n) is 7.52. The molecular formula is C16H19FN2O3. The molecule has 2 amide bonds.